The van der Waals surface area contributed by atoms with E-state index in [9.17, 15) is 14.0 Å². The van der Waals surface area contributed by atoms with Gasteiger partial charge >= 0.3 is 0 Å². The van der Waals surface area contributed by atoms with Gasteiger partial charge in [-0.1, -0.05) is 0 Å². The number of hydrogen-bond donors (Lipinski definition) is 1. The lowest BCUT2D eigenvalue weighted by atomic mass is 10.1. The van der Waals surface area contributed by atoms with Crippen molar-refractivity contribution in [1.29, 1.82) is 0 Å². The maximum Gasteiger partial charge on any atom is 0.269 e. The Morgan fingerprint density at radius 1 is 1.12 bits per heavy atom. The molecule has 0 unspecified atom stereocenters. The average Bonchev–Trinajstić information content (AvgIpc) is 3.26. The Balaban J connectivity index is 2.01. The van der Waals surface area contributed by atoms with Crippen molar-refractivity contribution in [2.24, 2.45) is 0 Å². The Kier molecular flexibility index (Phi) is 6.35. The minimum Gasteiger partial charge on any atom is -0.497 e. The predicted octanol–water partition coefficient (Wildman–Crippen LogP) is 1.61. The molecule has 2 aromatic carbocycles. The molecule has 0 fully saturated rings. The van der Waals surface area contributed by atoms with Gasteiger partial charge in [-0.3, -0.25) is 14.2 Å². The number of nitrogens with one attached hydrogen (secondary N) is 1. The van der Waals surface area contributed by atoms with Gasteiger partial charge in [0.1, 0.15) is 22.0 Å². The lowest BCUT2D eigenvalue weighted by Gasteiger charge is -2.10. The standard InChI is InChI=1S/C24H24FN3O4S/c1-27(2)9-10-28-23(30)20(12-14-11-16(31-3)6-8-19(14)32-4)33-24(28)21-17-7-5-15(25)13-18(17)26-22(21)29/h5-8,11-13H,9-10H2,1-4H3,(H,26,29)/b20-12-,24-21-. The number of methoxy groups -OCH3 is 2. The molecular weight excluding hydrogens is 445 g/mol. The molecule has 1 amide bonds. The van der Waals surface area contributed by atoms with Crippen molar-refractivity contribution >= 4 is 34.6 Å². The van der Waals surface area contributed by atoms with Gasteiger partial charge in [0.15, 0.2) is 0 Å². The van der Waals surface area contributed by atoms with Crippen molar-refractivity contribution in [3.05, 3.63) is 72.9 Å². The van der Waals surface area contributed by atoms with Gasteiger partial charge in [0.2, 0.25) is 0 Å². The smallest absolute Gasteiger partial charge is 0.269 e. The lowest BCUT2D eigenvalue weighted by Crippen LogP contribution is -2.36. The number of hydrogen-bond acceptors (Lipinski definition) is 6. The second kappa shape index (κ2) is 9.21. The second-order valence-corrected chi connectivity index (χ2v) is 8.83. The van der Waals surface area contributed by atoms with Crippen molar-refractivity contribution in [3.8, 4) is 11.5 Å². The molecule has 4 rings (SSSR count). The summed E-state index contributed by atoms with van der Waals surface area (Å²) < 4.78 is 27.0. The maximum absolute atomic E-state index is 13.7. The fourth-order valence-corrected chi connectivity index (χ4v) is 4.84. The molecule has 7 nitrogen and oxygen atoms in total. The number of rotatable bonds is 6. The minimum absolute atomic E-state index is 0.211. The largest absolute Gasteiger partial charge is 0.497 e. The van der Waals surface area contributed by atoms with Crippen LogP contribution in [0, 0.1) is 5.82 Å². The number of anilines is 1. The zero-order chi connectivity index (χ0) is 23.7. The quantitative estimate of drug-likeness (QED) is 0.594. The molecule has 0 radical (unpaired) electrons. The molecule has 2 heterocycles. The fourth-order valence-electron chi connectivity index (χ4n) is 3.66. The van der Waals surface area contributed by atoms with E-state index in [1.54, 1.807) is 49.1 Å². The van der Waals surface area contributed by atoms with Crippen LogP contribution in [0.3, 0.4) is 0 Å². The first-order chi connectivity index (χ1) is 15.8. The Bertz CT molecular complexity index is 1410. The monoisotopic (exact) mass is 469 g/mol. The van der Waals surface area contributed by atoms with Crippen molar-refractivity contribution in [1.82, 2.24) is 9.47 Å². The van der Waals surface area contributed by atoms with Gasteiger partial charge in [0.05, 0.1) is 30.0 Å². The molecule has 0 saturated carbocycles. The molecule has 172 valence electrons. The summed E-state index contributed by atoms with van der Waals surface area (Å²) in [6, 6.07) is 9.49. The number of ether oxygens (including phenoxy) is 2. The first-order valence-corrected chi connectivity index (χ1v) is 11.1. The van der Waals surface area contributed by atoms with Crippen LogP contribution in [-0.2, 0) is 11.3 Å². The number of fused-ring (bicyclic) bond motifs is 1. The van der Waals surface area contributed by atoms with Gasteiger partial charge in [0, 0.05) is 24.2 Å². The number of benzene rings is 2. The summed E-state index contributed by atoms with van der Waals surface area (Å²) >= 11 is 1.22. The number of halogens is 1. The molecule has 0 saturated heterocycles. The van der Waals surface area contributed by atoms with Gasteiger partial charge in [-0.15, -0.1) is 11.3 Å². The highest BCUT2D eigenvalue weighted by atomic mass is 32.1. The Hall–Kier alpha value is -3.43. The third-order valence-electron chi connectivity index (χ3n) is 5.34. The third kappa shape index (κ3) is 4.42. The molecule has 3 aromatic rings. The minimum atomic E-state index is -0.439. The van der Waals surface area contributed by atoms with Crippen LogP contribution in [0.1, 0.15) is 11.1 Å². The third-order valence-corrected chi connectivity index (χ3v) is 6.47. The Morgan fingerprint density at radius 2 is 1.91 bits per heavy atom. The zero-order valence-electron chi connectivity index (χ0n) is 18.8. The number of likely N-dealkylation sites (N-methyl/N-ethyl adjacent to an activating group) is 1. The van der Waals surface area contributed by atoms with E-state index in [4.69, 9.17) is 9.47 Å². The molecule has 9 heteroatoms. The highest BCUT2D eigenvalue weighted by Crippen LogP contribution is 2.30. The molecule has 0 bridgehead atoms. The summed E-state index contributed by atoms with van der Waals surface area (Å²) in [5.41, 5.74) is 1.81. The average molecular weight is 470 g/mol. The molecule has 1 aliphatic rings. The van der Waals surface area contributed by atoms with Gasteiger partial charge in [-0.2, -0.15) is 0 Å². The van der Waals surface area contributed by atoms with Crippen LogP contribution in [0.15, 0.2) is 41.2 Å². The van der Waals surface area contributed by atoms with Crippen LogP contribution in [0.2, 0.25) is 0 Å². The van der Waals surface area contributed by atoms with Gasteiger partial charge in [0.25, 0.3) is 11.5 Å². The Labute approximate surface area is 194 Å². The van der Waals surface area contributed by atoms with E-state index in [0.717, 1.165) is 0 Å². The first-order valence-electron chi connectivity index (χ1n) is 10.3. The summed E-state index contributed by atoms with van der Waals surface area (Å²) in [6.45, 7) is 1.00. The van der Waals surface area contributed by atoms with Crippen LogP contribution in [-0.4, -0.2) is 50.2 Å². The summed E-state index contributed by atoms with van der Waals surface area (Å²) in [6.07, 6.45) is 1.74. The van der Waals surface area contributed by atoms with E-state index in [-0.39, 0.29) is 11.5 Å². The highest BCUT2D eigenvalue weighted by molar-refractivity contribution is 7.07. The van der Waals surface area contributed by atoms with E-state index in [2.05, 4.69) is 5.32 Å². The molecule has 0 spiro atoms. The SMILES string of the molecule is COc1ccc(OC)c(/C=c2\s/c(=C3\C(=O)Nc4cc(F)ccc43)n(CCN(C)C)c2=O)c1. The summed E-state index contributed by atoms with van der Waals surface area (Å²) in [7, 11) is 6.96. The number of thiazole rings is 1. The first kappa shape index (κ1) is 22.8. The van der Waals surface area contributed by atoms with Gasteiger partial charge < -0.3 is 19.7 Å². The molecule has 1 aliphatic heterocycles. The fraction of sp³-hybridized carbons (Fsp3) is 0.250. The molecular formula is C24H24FN3O4S. The van der Waals surface area contributed by atoms with Crippen LogP contribution in [0.25, 0.3) is 11.6 Å². The number of amides is 1. The Morgan fingerprint density at radius 3 is 2.61 bits per heavy atom. The molecule has 33 heavy (non-hydrogen) atoms. The molecule has 1 aromatic heterocycles. The topological polar surface area (TPSA) is 72.8 Å². The van der Waals surface area contributed by atoms with Gasteiger partial charge in [-0.05, 0) is 56.6 Å². The number of aromatic nitrogens is 1. The van der Waals surface area contributed by atoms with Crippen molar-refractivity contribution < 1.29 is 18.7 Å². The summed E-state index contributed by atoms with van der Waals surface area (Å²) in [4.78, 5) is 28.3. The predicted molar refractivity (Wildman–Crippen MR) is 127 cm³/mol. The second-order valence-electron chi connectivity index (χ2n) is 7.80. The molecule has 0 atom stereocenters. The van der Waals surface area contributed by atoms with Crippen LogP contribution in [0.4, 0.5) is 10.1 Å². The van der Waals surface area contributed by atoms with Crippen molar-refractivity contribution in [2.75, 3.05) is 40.2 Å². The number of carbonyl (C=O) groups excluding carboxylic acids is 1. The summed E-state index contributed by atoms with van der Waals surface area (Å²) in [5, 5.41) is 2.71. The highest BCUT2D eigenvalue weighted by Gasteiger charge is 2.27. The van der Waals surface area contributed by atoms with E-state index < -0.39 is 5.82 Å². The van der Waals surface area contributed by atoms with Crippen molar-refractivity contribution in [3.63, 3.8) is 0 Å². The van der Waals surface area contributed by atoms with Crippen LogP contribution in [0.5, 0.6) is 11.5 Å². The molecule has 0 aliphatic carbocycles. The molecule has 1 N–H and O–H groups in total. The number of nitrogens with zero attached hydrogens (tertiary/aromatic N) is 2. The zero-order valence-corrected chi connectivity index (χ0v) is 19.6. The lowest BCUT2D eigenvalue weighted by molar-refractivity contribution is -0.110. The maximum atomic E-state index is 13.7. The van der Waals surface area contributed by atoms with E-state index in [1.165, 1.54) is 23.5 Å². The van der Waals surface area contributed by atoms with E-state index in [0.29, 0.717) is 56.2 Å². The van der Waals surface area contributed by atoms with Gasteiger partial charge in [-0.25, -0.2) is 4.39 Å². The van der Waals surface area contributed by atoms with E-state index >= 15 is 0 Å². The number of carbonyl (C=O) groups is 1. The summed E-state index contributed by atoms with van der Waals surface area (Å²) in [5.74, 6) is 0.427. The van der Waals surface area contributed by atoms with Crippen molar-refractivity contribution in [2.45, 2.75) is 6.54 Å². The van der Waals surface area contributed by atoms with Crippen LogP contribution < -0.4 is 29.5 Å². The normalized spacial score (nSPS) is 15.1. The van der Waals surface area contributed by atoms with Crippen LogP contribution >= 0.6 is 11.3 Å². The van der Waals surface area contributed by atoms with E-state index in [1.807, 2.05) is 19.0 Å².